The number of nitrogens with zero attached hydrogens (tertiary/aromatic N) is 1. The molecule has 0 bridgehead atoms. The average Bonchev–Trinajstić information content (AvgIpc) is 3.31. The minimum Gasteiger partial charge on any atom is -0.493 e. The van der Waals surface area contributed by atoms with Gasteiger partial charge < -0.3 is 24.7 Å². The first-order chi connectivity index (χ1) is 14.0. The molecule has 7 heteroatoms. The van der Waals surface area contributed by atoms with Crippen LogP contribution in [0.5, 0.6) is 11.5 Å². The van der Waals surface area contributed by atoms with Crippen LogP contribution in [0.2, 0.25) is 0 Å². The molecule has 2 atom stereocenters. The van der Waals surface area contributed by atoms with Gasteiger partial charge in [0.25, 0.3) is 0 Å². The van der Waals surface area contributed by atoms with Crippen molar-refractivity contribution in [3.05, 3.63) is 54.2 Å². The molecule has 29 heavy (non-hydrogen) atoms. The number of hydrogen-bond acceptors (Lipinski definition) is 4. The highest BCUT2D eigenvalue weighted by molar-refractivity contribution is 5.99. The topological polar surface area (TPSA) is 83.7 Å². The summed E-state index contributed by atoms with van der Waals surface area (Å²) in [6.45, 7) is 0. The summed E-state index contributed by atoms with van der Waals surface area (Å²) in [5.41, 5.74) is 2.37. The molecule has 1 aromatic heterocycles. The number of carbonyl (C=O) groups is 2. The molecule has 0 radical (unpaired) electrons. The normalized spacial score (nSPS) is 18.9. The fourth-order valence-electron chi connectivity index (χ4n) is 4.04. The summed E-state index contributed by atoms with van der Waals surface area (Å²) in [7, 11) is 4.83. The molecule has 1 aliphatic rings. The van der Waals surface area contributed by atoms with Gasteiger partial charge in [-0.2, -0.15) is 0 Å². The third kappa shape index (κ3) is 3.29. The quantitative estimate of drug-likeness (QED) is 0.696. The van der Waals surface area contributed by atoms with E-state index in [0.29, 0.717) is 17.2 Å². The van der Waals surface area contributed by atoms with Crippen LogP contribution in [0.4, 0.5) is 5.69 Å². The van der Waals surface area contributed by atoms with Crippen LogP contribution in [-0.2, 0) is 9.59 Å². The van der Waals surface area contributed by atoms with Gasteiger partial charge in [0.1, 0.15) is 0 Å². The second kappa shape index (κ2) is 7.50. The van der Waals surface area contributed by atoms with Gasteiger partial charge in [0.2, 0.25) is 11.8 Å². The standard InChI is InChI=1S/C22H23N3O4/c1-25-19(26)12-16(20(25)15-5-4-6-18(28-2)21(15)29-3)22(27)24-14-8-7-13-9-10-23-17(13)11-14/h4-11,16,20,23H,12H2,1-3H3,(H,24,27)/t16-,20+/m1/s1. The third-order valence-corrected chi connectivity index (χ3v) is 5.50. The second-order valence-electron chi connectivity index (χ2n) is 7.11. The molecular formula is C22H23N3O4. The summed E-state index contributed by atoms with van der Waals surface area (Å²) in [4.78, 5) is 30.4. The van der Waals surface area contributed by atoms with Gasteiger partial charge in [0, 0.05) is 36.4 Å². The van der Waals surface area contributed by atoms with Gasteiger partial charge in [0.15, 0.2) is 11.5 Å². The van der Waals surface area contributed by atoms with Crippen LogP contribution in [0, 0.1) is 5.92 Å². The third-order valence-electron chi connectivity index (χ3n) is 5.50. The van der Waals surface area contributed by atoms with Crippen molar-refractivity contribution in [3.8, 4) is 11.5 Å². The van der Waals surface area contributed by atoms with Crippen molar-refractivity contribution in [2.45, 2.75) is 12.5 Å². The highest BCUT2D eigenvalue weighted by atomic mass is 16.5. The zero-order chi connectivity index (χ0) is 20.5. The molecule has 2 N–H and O–H groups in total. The summed E-state index contributed by atoms with van der Waals surface area (Å²) in [5, 5.41) is 4.03. The predicted molar refractivity (Wildman–Crippen MR) is 110 cm³/mol. The van der Waals surface area contributed by atoms with Crippen molar-refractivity contribution in [2.24, 2.45) is 5.92 Å². The molecular weight excluding hydrogens is 370 g/mol. The Balaban J connectivity index is 1.66. The number of fused-ring (bicyclic) bond motifs is 1. The Labute approximate surface area is 168 Å². The van der Waals surface area contributed by atoms with E-state index in [1.807, 2.05) is 42.6 Å². The summed E-state index contributed by atoms with van der Waals surface area (Å²) >= 11 is 0. The molecule has 3 aromatic rings. The van der Waals surface area contributed by atoms with Crippen LogP contribution in [0.1, 0.15) is 18.0 Å². The molecule has 0 saturated carbocycles. The van der Waals surface area contributed by atoms with Gasteiger partial charge in [-0.05, 0) is 29.7 Å². The number of hydrogen-bond donors (Lipinski definition) is 2. The Kier molecular flexibility index (Phi) is 4.88. The van der Waals surface area contributed by atoms with E-state index in [1.165, 1.54) is 0 Å². The zero-order valence-electron chi connectivity index (χ0n) is 16.6. The van der Waals surface area contributed by atoms with Gasteiger partial charge in [-0.3, -0.25) is 9.59 Å². The first kappa shape index (κ1) is 18.9. The molecule has 1 saturated heterocycles. The Morgan fingerprint density at radius 3 is 2.76 bits per heavy atom. The van der Waals surface area contributed by atoms with Crippen molar-refractivity contribution in [1.29, 1.82) is 0 Å². The lowest BCUT2D eigenvalue weighted by Crippen LogP contribution is -2.30. The number of benzene rings is 2. The van der Waals surface area contributed by atoms with Crippen molar-refractivity contribution < 1.29 is 19.1 Å². The van der Waals surface area contributed by atoms with E-state index < -0.39 is 12.0 Å². The molecule has 1 aliphatic heterocycles. The molecule has 7 nitrogen and oxygen atoms in total. The number of anilines is 1. The van der Waals surface area contributed by atoms with Crippen LogP contribution >= 0.6 is 0 Å². The van der Waals surface area contributed by atoms with Gasteiger partial charge in [-0.1, -0.05) is 18.2 Å². The minimum absolute atomic E-state index is 0.0835. The Hall–Kier alpha value is -3.48. The second-order valence-corrected chi connectivity index (χ2v) is 7.11. The van der Waals surface area contributed by atoms with Crippen molar-refractivity contribution >= 4 is 28.4 Å². The number of aromatic nitrogens is 1. The lowest BCUT2D eigenvalue weighted by Gasteiger charge is -2.27. The van der Waals surface area contributed by atoms with Crippen LogP contribution < -0.4 is 14.8 Å². The molecule has 2 heterocycles. The number of aromatic amines is 1. The largest absolute Gasteiger partial charge is 0.493 e. The van der Waals surface area contributed by atoms with Crippen molar-refractivity contribution in [3.63, 3.8) is 0 Å². The fourth-order valence-corrected chi connectivity index (χ4v) is 4.04. The Morgan fingerprint density at radius 1 is 1.17 bits per heavy atom. The van der Waals surface area contributed by atoms with Crippen LogP contribution in [-0.4, -0.2) is 43.0 Å². The first-order valence-electron chi connectivity index (χ1n) is 9.38. The monoisotopic (exact) mass is 393 g/mol. The van der Waals surface area contributed by atoms with E-state index in [0.717, 1.165) is 16.5 Å². The van der Waals surface area contributed by atoms with Gasteiger partial charge in [-0.25, -0.2) is 0 Å². The Morgan fingerprint density at radius 2 is 2.00 bits per heavy atom. The fraction of sp³-hybridized carbons (Fsp3) is 0.273. The maximum Gasteiger partial charge on any atom is 0.230 e. The summed E-state index contributed by atoms with van der Waals surface area (Å²) in [6, 6.07) is 12.7. The number of amides is 2. The first-order valence-corrected chi connectivity index (χ1v) is 9.38. The molecule has 0 aliphatic carbocycles. The number of likely N-dealkylation sites (tertiary alicyclic amines) is 1. The predicted octanol–water partition coefficient (Wildman–Crippen LogP) is 3.34. The van der Waals surface area contributed by atoms with Crippen LogP contribution in [0.15, 0.2) is 48.7 Å². The zero-order valence-corrected chi connectivity index (χ0v) is 16.6. The van der Waals surface area contributed by atoms with Crippen molar-refractivity contribution in [2.75, 3.05) is 26.6 Å². The average molecular weight is 393 g/mol. The molecule has 2 aromatic carbocycles. The number of para-hydroxylation sites is 1. The highest BCUT2D eigenvalue weighted by Gasteiger charge is 2.44. The van der Waals surface area contributed by atoms with E-state index >= 15 is 0 Å². The van der Waals surface area contributed by atoms with E-state index in [4.69, 9.17) is 9.47 Å². The molecule has 0 spiro atoms. The summed E-state index contributed by atoms with van der Waals surface area (Å²) < 4.78 is 10.9. The maximum atomic E-state index is 13.1. The minimum atomic E-state index is -0.548. The smallest absolute Gasteiger partial charge is 0.230 e. The number of nitrogens with one attached hydrogen (secondary N) is 2. The summed E-state index contributed by atoms with van der Waals surface area (Å²) in [5.74, 6) is 0.262. The molecule has 150 valence electrons. The highest BCUT2D eigenvalue weighted by Crippen LogP contribution is 2.44. The van der Waals surface area contributed by atoms with Gasteiger partial charge in [-0.15, -0.1) is 0 Å². The van der Waals surface area contributed by atoms with E-state index in [2.05, 4.69) is 10.3 Å². The lowest BCUT2D eigenvalue weighted by atomic mass is 9.92. The molecule has 0 unspecified atom stereocenters. The Bertz CT molecular complexity index is 1070. The summed E-state index contributed by atoms with van der Waals surface area (Å²) in [6.07, 6.45) is 1.99. The number of rotatable bonds is 5. The number of ether oxygens (including phenoxy) is 2. The molecule has 1 fully saturated rings. The van der Waals surface area contributed by atoms with Crippen LogP contribution in [0.3, 0.4) is 0 Å². The molecule has 2 amide bonds. The number of H-pyrrole nitrogens is 1. The lowest BCUT2D eigenvalue weighted by molar-refractivity contribution is -0.128. The number of carbonyl (C=O) groups excluding carboxylic acids is 2. The van der Waals surface area contributed by atoms with Gasteiger partial charge >= 0.3 is 0 Å². The van der Waals surface area contributed by atoms with Gasteiger partial charge in [0.05, 0.1) is 26.2 Å². The van der Waals surface area contributed by atoms with E-state index in [-0.39, 0.29) is 18.2 Å². The number of methoxy groups -OCH3 is 2. The van der Waals surface area contributed by atoms with Crippen LogP contribution in [0.25, 0.3) is 10.9 Å². The van der Waals surface area contributed by atoms with Crippen molar-refractivity contribution in [1.82, 2.24) is 9.88 Å². The maximum absolute atomic E-state index is 13.1. The SMILES string of the molecule is COc1cccc([C@H]2[C@H](C(=O)Nc3ccc4cc[nH]c4c3)CC(=O)N2C)c1OC. The molecule has 4 rings (SSSR count). The van der Waals surface area contributed by atoms with E-state index in [9.17, 15) is 9.59 Å². The van der Waals surface area contributed by atoms with E-state index in [1.54, 1.807) is 32.2 Å².